The minimum atomic E-state index is -0.772. The molecule has 31 nitrogen and oxygen atoms in total. The summed E-state index contributed by atoms with van der Waals surface area (Å²) in [7, 11) is 0. The molecular weight excluding hydrogens is 1450 g/mol. The van der Waals surface area contributed by atoms with Gasteiger partial charge in [0, 0.05) is 94.3 Å². The second kappa shape index (κ2) is 48.3. The number of hydrogen-bond donors (Lipinski definition) is 2. The summed E-state index contributed by atoms with van der Waals surface area (Å²) in [6.07, 6.45) is 2.99. The monoisotopic (exact) mass is 1550 g/mol. The number of hydrogen-bond acceptors (Lipinski definition) is 30. The van der Waals surface area contributed by atoms with E-state index in [1.165, 1.54) is 48.5 Å². The molecule has 0 aliphatic heterocycles. The maximum absolute atomic E-state index is 14.0. The van der Waals surface area contributed by atoms with Crippen LogP contribution in [0.3, 0.4) is 0 Å². The van der Waals surface area contributed by atoms with Crippen molar-refractivity contribution in [2.24, 2.45) is 5.73 Å². The van der Waals surface area contributed by atoms with Crippen LogP contribution >= 0.6 is 0 Å². The van der Waals surface area contributed by atoms with Crippen molar-refractivity contribution in [2.45, 2.75) is 127 Å². The first-order chi connectivity index (χ1) is 53.7. The Morgan fingerprint density at radius 2 is 0.396 bits per heavy atom. The van der Waals surface area contributed by atoms with Gasteiger partial charge in [0.2, 0.25) is 0 Å². The van der Waals surface area contributed by atoms with E-state index in [9.17, 15) is 47.9 Å². The number of esters is 9. The van der Waals surface area contributed by atoms with E-state index >= 15 is 0 Å². The van der Waals surface area contributed by atoms with Crippen molar-refractivity contribution < 1.29 is 138 Å². The molecule has 3 N–H and O–H groups in total. The summed E-state index contributed by atoms with van der Waals surface area (Å²) in [6.45, 7) is 8.75. The fourth-order valence-corrected chi connectivity index (χ4v) is 11.2. The highest BCUT2D eigenvalue weighted by Crippen LogP contribution is 2.43. The zero-order valence-corrected chi connectivity index (χ0v) is 64.6. The lowest BCUT2D eigenvalue weighted by atomic mass is 9.94. The molecular formula is C80H102N2O29. The quantitative estimate of drug-likeness (QED) is 0.0209. The molecule has 606 valence electrons. The Morgan fingerprint density at radius 3 is 0.559 bits per heavy atom. The van der Waals surface area contributed by atoms with E-state index in [0.29, 0.717) is 19.5 Å². The van der Waals surface area contributed by atoms with Gasteiger partial charge in [-0.15, -0.1) is 0 Å². The highest BCUT2D eigenvalue weighted by molar-refractivity contribution is 5.78. The van der Waals surface area contributed by atoms with E-state index in [-0.39, 0.29) is 205 Å². The van der Waals surface area contributed by atoms with Gasteiger partial charge in [0.05, 0.1) is 59.5 Å². The maximum atomic E-state index is 14.0. The van der Waals surface area contributed by atoms with Crippen molar-refractivity contribution in [3.05, 3.63) is 116 Å². The number of nitrogens with one attached hydrogen (secondary N) is 1. The molecule has 31 heteroatoms. The predicted octanol–water partition coefficient (Wildman–Crippen LogP) is 7.84. The van der Waals surface area contributed by atoms with E-state index in [1.54, 1.807) is 74.4 Å². The molecule has 10 bridgehead atoms. The third-order valence-corrected chi connectivity index (χ3v) is 16.0. The SMILES string of the molecule is CCOC(=O)COc1cc2c(OCC(=O)OCC)cc1Cc1cc(OCC(=O)OCC)c(cc1OCC(=O)NCCCCCCCN)Cc1cc(OCC(=O)OCC)c(cc1OCC(=O)OCC)Cc1cc(OCC(=O)OCC)c(cc1OCC(=O)OCC)Cc1cc(OCC(=O)OCC)c(cc1OCC(=O)OCC)C2. The second-order valence-corrected chi connectivity index (χ2v) is 24.3. The minimum Gasteiger partial charge on any atom is -0.483 e. The first-order valence-electron chi connectivity index (χ1n) is 37.1. The summed E-state index contributed by atoms with van der Waals surface area (Å²) >= 11 is 0. The molecule has 0 aromatic heterocycles. The molecule has 0 heterocycles. The highest BCUT2D eigenvalue weighted by atomic mass is 16.6. The van der Waals surface area contributed by atoms with Crippen molar-refractivity contribution in [3.63, 3.8) is 0 Å². The molecule has 5 aromatic rings. The van der Waals surface area contributed by atoms with Crippen LogP contribution in [0.5, 0.6) is 57.5 Å². The number of benzene rings is 5. The van der Waals surface area contributed by atoms with Crippen LogP contribution in [0, 0.1) is 0 Å². The molecule has 0 saturated carbocycles. The fourth-order valence-electron chi connectivity index (χ4n) is 11.2. The van der Waals surface area contributed by atoms with Crippen molar-refractivity contribution in [1.29, 1.82) is 0 Å². The van der Waals surface area contributed by atoms with Gasteiger partial charge in [-0.1, -0.05) is 19.3 Å². The molecule has 0 spiro atoms. The van der Waals surface area contributed by atoms with Gasteiger partial charge in [0.15, 0.2) is 66.1 Å². The minimum absolute atomic E-state index is 0.00745. The van der Waals surface area contributed by atoms with Crippen LogP contribution in [0.2, 0.25) is 0 Å². The van der Waals surface area contributed by atoms with Gasteiger partial charge >= 0.3 is 53.7 Å². The smallest absolute Gasteiger partial charge is 0.344 e. The number of carbonyl (C=O) groups is 10. The van der Waals surface area contributed by atoms with E-state index in [1.807, 2.05) is 0 Å². The van der Waals surface area contributed by atoms with Crippen molar-refractivity contribution >= 4 is 59.6 Å². The number of carbonyl (C=O) groups excluding carboxylic acids is 10. The van der Waals surface area contributed by atoms with E-state index < -0.39 is 126 Å². The highest BCUT2D eigenvalue weighted by Gasteiger charge is 2.28. The Balaban J connectivity index is 1.85. The van der Waals surface area contributed by atoms with Gasteiger partial charge in [-0.25, -0.2) is 43.2 Å². The molecule has 0 atom stereocenters. The van der Waals surface area contributed by atoms with Crippen LogP contribution in [0.1, 0.15) is 150 Å². The van der Waals surface area contributed by atoms with Crippen LogP contribution < -0.4 is 58.4 Å². The number of ether oxygens (including phenoxy) is 19. The Hall–Kier alpha value is -11.2. The van der Waals surface area contributed by atoms with Gasteiger partial charge in [-0.05, 0) is 142 Å². The third kappa shape index (κ3) is 30.3. The lowest BCUT2D eigenvalue weighted by Gasteiger charge is -2.22. The lowest BCUT2D eigenvalue weighted by molar-refractivity contribution is -0.146. The molecule has 0 radical (unpaired) electrons. The number of rotatable bonds is 46. The largest absolute Gasteiger partial charge is 0.483 e. The first kappa shape index (κ1) is 88.7. The zero-order valence-electron chi connectivity index (χ0n) is 64.6. The van der Waals surface area contributed by atoms with Crippen LogP contribution in [-0.4, -0.2) is 198 Å². The molecule has 1 amide bonds. The number of amides is 1. The van der Waals surface area contributed by atoms with Crippen LogP contribution in [0.4, 0.5) is 0 Å². The molecule has 15 rings (SSSR count). The molecule has 10 aliphatic rings. The standard InChI is InChI=1S/C80H102N2O29/c1-10-93-72(84)42-103-62-32-51-26-53-33-64(105-44-74(86)95-12-3)55(35-63(53)104-43-73(85)94-11-2)28-57-37-68(109-48-78(90)99-16-7)59(39-67(57)108-47-77(89)98-15-6)30-60-40-69(110-49-79(91)100-17-8)58(38-70(60)111-50-80(92)101-18-9)29-56-36-65(106-45-75(87)96-13-4)54(34-66(56)107-46-76(88)97-14-5)27-52(62)31-61(51)102-41-71(83)82-25-23-21-19-20-22-24-81/h31-40H,10-30,41-50,81H2,1-9H3,(H,82,83). The Bertz CT molecular complexity index is 3750. The summed E-state index contributed by atoms with van der Waals surface area (Å²) in [6, 6.07) is 15.3. The average Bonchev–Trinajstić information content (AvgIpc) is 1.27. The van der Waals surface area contributed by atoms with Crippen LogP contribution in [0.15, 0.2) is 60.7 Å². The third-order valence-electron chi connectivity index (χ3n) is 16.0. The van der Waals surface area contributed by atoms with Crippen molar-refractivity contribution in [3.8, 4) is 57.5 Å². The first-order valence-corrected chi connectivity index (χ1v) is 37.1. The Kier molecular flexibility index (Phi) is 38.6. The maximum Gasteiger partial charge on any atom is 0.344 e. The molecule has 10 aliphatic carbocycles. The summed E-state index contributed by atoms with van der Waals surface area (Å²) < 4.78 is 112. The Morgan fingerprint density at radius 1 is 0.243 bits per heavy atom. The molecule has 111 heavy (non-hydrogen) atoms. The molecule has 0 unspecified atom stereocenters. The van der Waals surface area contributed by atoms with Crippen molar-refractivity contribution in [2.75, 3.05) is 139 Å². The predicted molar refractivity (Wildman–Crippen MR) is 396 cm³/mol. The van der Waals surface area contributed by atoms with E-state index in [0.717, 1.165) is 25.7 Å². The number of unbranched alkanes of at least 4 members (excludes halogenated alkanes) is 4. The lowest BCUT2D eigenvalue weighted by Crippen LogP contribution is -2.29. The summed E-state index contributed by atoms with van der Waals surface area (Å²) in [5.74, 6) is -7.26. The van der Waals surface area contributed by atoms with E-state index in [2.05, 4.69) is 5.32 Å². The summed E-state index contributed by atoms with van der Waals surface area (Å²) in [4.78, 5) is 135. The zero-order chi connectivity index (χ0) is 80.5. The normalized spacial score (nSPS) is 11.4. The van der Waals surface area contributed by atoms with Crippen molar-refractivity contribution in [1.82, 2.24) is 5.32 Å². The number of nitrogens with two attached hydrogens (primary N) is 1. The van der Waals surface area contributed by atoms with Gasteiger partial charge in [-0.2, -0.15) is 0 Å². The van der Waals surface area contributed by atoms with Gasteiger partial charge in [0.25, 0.3) is 5.91 Å². The topological polar surface area (TPSA) is 384 Å². The molecule has 0 saturated heterocycles. The second-order valence-electron chi connectivity index (χ2n) is 24.3. The Labute approximate surface area is 645 Å². The van der Waals surface area contributed by atoms with Crippen LogP contribution in [0.25, 0.3) is 0 Å². The van der Waals surface area contributed by atoms with E-state index in [4.69, 9.17) is 95.7 Å². The van der Waals surface area contributed by atoms with Gasteiger partial charge < -0.3 is 101 Å². The van der Waals surface area contributed by atoms with Gasteiger partial charge in [0.1, 0.15) is 57.5 Å². The van der Waals surface area contributed by atoms with Crippen LogP contribution in [-0.2, 0) is 123 Å². The molecule has 0 fully saturated rings. The summed E-state index contributed by atoms with van der Waals surface area (Å²) in [5.41, 5.74) is 8.16. The van der Waals surface area contributed by atoms with Gasteiger partial charge in [-0.3, -0.25) is 4.79 Å². The average molecular weight is 1560 g/mol. The summed E-state index contributed by atoms with van der Waals surface area (Å²) in [5, 5.41) is 2.92. The molecule has 5 aromatic carbocycles. The fraction of sp³-hybridized carbons (Fsp3) is 0.500.